The molecule has 0 bridgehead atoms. The van der Waals surface area contributed by atoms with Gasteiger partial charge in [0, 0.05) is 25.2 Å². The van der Waals surface area contributed by atoms with Crippen LogP contribution in [0.1, 0.15) is 6.42 Å². The third kappa shape index (κ3) is 5.27. The van der Waals surface area contributed by atoms with Gasteiger partial charge in [-0.15, -0.1) is 4.91 Å². The fourth-order valence-corrected chi connectivity index (χ4v) is 3.94. The number of para-hydroxylation sites is 2. The monoisotopic (exact) mass is 473 g/mol. The van der Waals surface area contributed by atoms with E-state index in [-0.39, 0.29) is 23.3 Å². The van der Waals surface area contributed by atoms with Crippen LogP contribution in [-0.2, 0) is 4.79 Å². The van der Waals surface area contributed by atoms with Crippen molar-refractivity contribution in [3.8, 4) is 11.5 Å². The van der Waals surface area contributed by atoms with Gasteiger partial charge in [-0.3, -0.25) is 14.9 Å². The van der Waals surface area contributed by atoms with Gasteiger partial charge in [-0.05, 0) is 55.0 Å². The van der Waals surface area contributed by atoms with Gasteiger partial charge in [-0.1, -0.05) is 30.8 Å². The number of likely N-dealkylation sites (tertiary alicyclic amines) is 1. The molecule has 1 atom stereocenters. The molecule has 0 saturated carbocycles. The predicted molar refractivity (Wildman–Crippen MR) is 133 cm³/mol. The lowest BCUT2D eigenvalue weighted by Crippen LogP contribution is -2.30. The number of nitroso groups, excluding NO2 is 1. The van der Waals surface area contributed by atoms with Crippen LogP contribution in [0.4, 0.5) is 22.7 Å². The molecule has 3 aromatic carbocycles. The Labute approximate surface area is 201 Å². The fourth-order valence-electron chi connectivity index (χ4n) is 3.94. The van der Waals surface area contributed by atoms with Gasteiger partial charge in [0.2, 0.25) is 5.91 Å². The van der Waals surface area contributed by atoms with Gasteiger partial charge in [-0.25, -0.2) is 0 Å². The van der Waals surface area contributed by atoms with E-state index in [4.69, 9.17) is 4.74 Å². The Kier molecular flexibility index (Phi) is 7.01. The average molecular weight is 473 g/mol. The van der Waals surface area contributed by atoms with Gasteiger partial charge in [0.1, 0.15) is 11.5 Å². The molecule has 10 heteroatoms. The van der Waals surface area contributed by atoms with E-state index in [1.165, 1.54) is 18.2 Å². The second-order valence-corrected chi connectivity index (χ2v) is 7.85. The largest absolute Gasteiger partial charge is 0.457 e. The summed E-state index contributed by atoms with van der Waals surface area (Å²) in [4.78, 5) is 36.8. The summed E-state index contributed by atoms with van der Waals surface area (Å²) in [5, 5.41) is 19.1. The molecule has 1 N–H and O–H groups in total. The number of rotatable bonds is 9. The van der Waals surface area contributed by atoms with Crippen LogP contribution in [0.5, 0.6) is 11.5 Å². The van der Waals surface area contributed by atoms with Gasteiger partial charge in [0.05, 0.1) is 21.6 Å². The molecule has 1 aliphatic rings. The number of carbonyl (C=O) groups is 1. The predicted octanol–water partition coefficient (Wildman–Crippen LogP) is 5.41. The zero-order valence-electron chi connectivity index (χ0n) is 18.7. The Hall–Kier alpha value is -4.73. The minimum absolute atomic E-state index is 0.0118. The summed E-state index contributed by atoms with van der Waals surface area (Å²) in [6.45, 7) is 4.45. The molecule has 1 amide bonds. The number of nitrogens with one attached hydrogen (secondary N) is 1. The van der Waals surface area contributed by atoms with E-state index in [9.17, 15) is 19.8 Å². The topological polar surface area (TPSA) is 117 Å². The molecule has 1 saturated heterocycles. The maximum atomic E-state index is 12.0. The van der Waals surface area contributed by atoms with Crippen molar-refractivity contribution in [2.24, 2.45) is 5.29 Å². The second-order valence-electron chi connectivity index (χ2n) is 7.85. The van der Waals surface area contributed by atoms with Gasteiger partial charge in [0.15, 0.2) is 5.69 Å². The van der Waals surface area contributed by atoms with Gasteiger partial charge in [-0.2, -0.15) is 5.01 Å². The molecule has 1 fully saturated rings. The minimum Gasteiger partial charge on any atom is -0.457 e. The summed E-state index contributed by atoms with van der Waals surface area (Å²) >= 11 is 0. The number of ether oxygens (including phenoxy) is 1. The molecule has 178 valence electrons. The van der Waals surface area contributed by atoms with Crippen LogP contribution in [0.3, 0.4) is 0 Å². The number of nitro groups is 1. The van der Waals surface area contributed by atoms with Crippen molar-refractivity contribution >= 4 is 28.7 Å². The first-order valence-electron chi connectivity index (χ1n) is 10.9. The van der Waals surface area contributed by atoms with Crippen molar-refractivity contribution in [2.45, 2.75) is 12.5 Å². The van der Waals surface area contributed by atoms with Crippen LogP contribution in [0.15, 0.2) is 90.7 Å². The smallest absolute Gasteiger partial charge is 0.297 e. The molecule has 10 nitrogen and oxygen atoms in total. The third-order valence-electron chi connectivity index (χ3n) is 5.60. The first kappa shape index (κ1) is 23.4. The highest BCUT2D eigenvalue weighted by molar-refractivity contribution is 5.87. The molecular formula is C25H23N5O5. The molecule has 1 aliphatic heterocycles. The molecule has 3 aromatic rings. The Morgan fingerprint density at radius 3 is 2.49 bits per heavy atom. The van der Waals surface area contributed by atoms with E-state index in [0.29, 0.717) is 42.4 Å². The number of benzene rings is 3. The SMILES string of the molecule is C=CC(=O)N1CCC(Nc2cccc([N+](=O)[O-])c2N(N=O)c2ccc(Oc3ccccc3)cc2)C1. The first-order valence-corrected chi connectivity index (χ1v) is 10.9. The summed E-state index contributed by atoms with van der Waals surface area (Å²) in [6, 6.07) is 20.0. The normalized spacial score (nSPS) is 14.7. The van der Waals surface area contributed by atoms with E-state index in [0.717, 1.165) is 5.01 Å². The number of amides is 1. The third-order valence-corrected chi connectivity index (χ3v) is 5.60. The summed E-state index contributed by atoms with van der Waals surface area (Å²) in [6.07, 6.45) is 1.89. The maximum absolute atomic E-state index is 12.0. The first-order chi connectivity index (χ1) is 17.0. The Morgan fingerprint density at radius 2 is 1.83 bits per heavy atom. The van der Waals surface area contributed by atoms with Crippen LogP contribution < -0.4 is 15.1 Å². The van der Waals surface area contributed by atoms with E-state index in [1.807, 2.05) is 30.3 Å². The van der Waals surface area contributed by atoms with E-state index < -0.39 is 4.92 Å². The second kappa shape index (κ2) is 10.5. The van der Waals surface area contributed by atoms with E-state index in [1.54, 1.807) is 35.2 Å². The van der Waals surface area contributed by atoms with Gasteiger partial charge < -0.3 is 15.0 Å². The Bertz CT molecular complexity index is 1230. The van der Waals surface area contributed by atoms with Gasteiger partial charge in [0.25, 0.3) is 5.69 Å². The maximum Gasteiger partial charge on any atom is 0.297 e. The van der Waals surface area contributed by atoms with Crippen LogP contribution >= 0.6 is 0 Å². The van der Waals surface area contributed by atoms with Crippen LogP contribution in [-0.4, -0.2) is 34.9 Å². The highest BCUT2D eigenvalue weighted by Gasteiger charge is 2.30. The van der Waals surface area contributed by atoms with Crippen molar-refractivity contribution in [2.75, 3.05) is 23.4 Å². The molecule has 1 heterocycles. The number of hydrogen-bond donors (Lipinski definition) is 1. The lowest BCUT2D eigenvalue weighted by atomic mass is 10.1. The minimum atomic E-state index is -0.562. The van der Waals surface area contributed by atoms with E-state index >= 15 is 0 Å². The van der Waals surface area contributed by atoms with Crippen molar-refractivity contribution in [3.05, 3.63) is 100 Å². The molecule has 1 unspecified atom stereocenters. The lowest BCUT2D eigenvalue weighted by Gasteiger charge is -2.22. The molecule has 4 rings (SSSR count). The summed E-state index contributed by atoms with van der Waals surface area (Å²) in [7, 11) is 0. The summed E-state index contributed by atoms with van der Waals surface area (Å²) in [5.41, 5.74) is 0.419. The Morgan fingerprint density at radius 1 is 1.11 bits per heavy atom. The molecule has 0 radical (unpaired) electrons. The van der Waals surface area contributed by atoms with Crippen LogP contribution in [0, 0.1) is 15.0 Å². The zero-order valence-corrected chi connectivity index (χ0v) is 18.7. The number of hydrogen-bond acceptors (Lipinski definition) is 7. The highest BCUT2D eigenvalue weighted by Crippen LogP contribution is 2.41. The van der Waals surface area contributed by atoms with Crippen molar-refractivity contribution in [1.82, 2.24) is 4.90 Å². The quantitative estimate of drug-likeness (QED) is 0.191. The number of nitro benzene ring substituents is 1. The van der Waals surface area contributed by atoms with Crippen LogP contribution in [0.2, 0.25) is 0 Å². The number of carbonyl (C=O) groups excluding carboxylic acids is 1. The highest BCUT2D eigenvalue weighted by atomic mass is 16.6. The Balaban J connectivity index is 1.62. The van der Waals surface area contributed by atoms with Crippen molar-refractivity contribution in [3.63, 3.8) is 0 Å². The molecular weight excluding hydrogens is 450 g/mol. The molecule has 0 spiro atoms. The standard InChI is InChI=1S/C25H23N5O5/c1-2-24(31)28-16-15-18(17-28)26-22-9-6-10-23(30(33)34)25(22)29(27-32)19-11-13-21(14-12-19)35-20-7-4-3-5-8-20/h2-14,18,26H,1,15-17H2. The summed E-state index contributed by atoms with van der Waals surface area (Å²) in [5.74, 6) is 1.00. The van der Waals surface area contributed by atoms with Crippen molar-refractivity contribution < 1.29 is 14.5 Å². The molecule has 0 aromatic heterocycles. The van der Waals surface area contributed by atoms with Gasteiger partial charge >= 0.3 is 0 Å². The lowest BCUT2D eigenvalue weighted by molar-refractivity contribution is -0.384. The molecule has 0 aliphatic carbocycles. The van der Waals surface area contributed by atoms with Crippen molar-refractivity contribution in [1.29, 1.82) is 0 Å². The number of nitrogens with zero attached hydrogens (tertiary/aromatic N) is 4. The van der Waals surface area contributed by atoms with E-state index in [2.05, 4.69) is 17.2 Å². The zero-order chi connectivity index (χ0) is 24.8. The average Bonchev–Trinajstić information content (AvgIpc) is 3.35. The number of anilines is 3. The summed E-state index contributed by atoms with van der Waals surface area (Å²) < 4.78 is 5.78. The molecule has 35 heavy (non-hydrogen) atoms. The fraction of sp³-hybridized carbons (Fsp3) is 0.160. The van der Waals surface area contributed by atoms with Crippen LogP contribution in [0.25, 0.3) is 0 Å².